The Morgan fingerprint density at radius 1 is 1.04 bits per heavy atom. The van der Waals surface area contributed by atoms with Crippen LogP contribution in [0.25, 0.3) is 0 Å². The number of hydrogen-bond acceptors (Lipinski definition) is 4. The van der Waals surface area contributed by atoms with Gasteiger partial charge in [0.05, 0.1) is 6.54 Å². The van der Waals surface area contributed by atoms with Gasteiger partial charge in [-0.25, -0.2) is 4.79 Å². The number of piperazine rings is 1. The molecule has 1 saturated heterocycles. The fourth-order valence-corrected chi connectivity index (χ4v) is 3.46. The van der Waals surface area contributed by atoms with E-state index in [1.54, 1.807) is 12.3 Å². The highest BCUT2D eigenvalue weighted by Gasteiger charge is 2.21. The summed E-state index contributed by atoms with van der Waals surface area (Å²) in [6.45, 7) is 6.89. The number of aryl methyl sites for hydroxylation is 2. The number of nitrogens with zero attached hydrogens (tertiary/aromatic N) is 3. The van der Waals surface area contributed by atoms with Gasteiger partial charge in [-0.1, -0.05) is 18.2 Å². The molecule has 1 aliphatic heterocycles. The molecule has 27 heavy (non-hydrogen) atoms. The van der Waals surface area contributed by atoms with Crippen molar-refractivity contribution in [3.8, 4) is 5.75 Å². The van der Waals surface area contributed by atoms with Crippen LogP contribution in [-0.2, 0) is 13.1 Å². The highest BCUT2D eigenvalue weighted by atomic mass is 16.4. The molecule has 0 spiro atoms. The van der Waals surface area contributed by atoms with Crippen LogP contribution in [0.4, 0.5) is 4.79 Å². The van der Waals surface area contributed by atoms with Crippen molar-refractivity contribution in [3.05, 3.63) is 63.1 Å². The second-order valence-corrected chi connectivity index (χ2v) is 7.04. The van der Waals surface area contributed by atoms with E-state index in [1.807, 2.05) is 36.9 Å². The van der Waals surface area contributed by atoms with Crippen LogP contribution in [-0.4, -0.2) is 56.9 Å². The number of benzene rings is 1. The largest absolute Gasteiger partial charge is 0.503 e. The van der Waals surface area contributed by atoms with Gasteiger partial charge in [0, 0.05) is 44.5 Å². The lowest BCUT2D eigenvalue weighted by Gasteiger charge is -2.33. The zero-order valence-electron chi connectivity index (χ0n) is 15.7. The van der Waals surface area contributed by atoms with Crippen LogP contribution in [0.2, 0.25) is 0 Å². The smallest absolute Gasteiger partial charge is 0.407 e. The standard InChI is InChI=1S/C20H25N3O4/c1-14-4-3-5-15(2)17(14)13-23-7-6-16(18(24)19(23)25)12-21-8-10-22(11-9-21)20(26)27/h3-7,24H,8-13H2,1-2H3,(H,26,27). The van der Waals surface area contributed by atoms with Crippen molar-refractivity contribution in [2.45, 2.75) is 26.9 Å². The van der Waals surface area contributed by atoms with E-state index in [0.717, 1.165) is 16.7 Å². The van der Waals surface area contributed by atoms with Gasteiger partial charge in [0.1, 0.15) is 0 Å². The summed E-state index contributed by atoms with van der Waals surface area (Å²) in [6, 6.07) is 7.78. The van der Waals surface area contributed by atoms with Gasteiger partial charge >= 0.3 is 6.09 Å². The molecule has 0 atom stereocenters. The summed E-state index contributed by atoms with van der Waals surface area (Å²) < 4.78 is 1.52. The van der Waals surface area contributed by atoms with E-state index < -0.39 is 11.7 Å². The molecule has 2 N–H and O–H groups in total. The molecular formula is C20H25N3O4. The Kier molecular flexibility index (Phi) is 5.51. The van der Waals surface area contributed by atoms with E-state index in [9.17, 15) is 14.7 Å². The normalized spacial score (nSPS) is 15.1. The van der Waals surface area contributed by atoms with Crippen molar-refractivity contribution in [3.63, 3.8) is 0 Å². The van der Waals surface area contributed by atoms with E-state index in [1.165, 1.54) is 9.47 Å². The molecule has 7 nitrogen and oxygen atoms in total. The Labute approximate surface area is 158 Å². The van der Waals surface area contributed by atoms with Gasteiger partial charge in [-0.3, -0.25) is 9.69 Å². The van der Waals surface area contributed by atoms with Gasteiger partial charge in [0.15, 0.2) is 5.75 Å². The topological polar surface area (TPSA) is 86.0 Å². The fourth-order valence-electron chi connectivity index (χ4n) is 3.46. The van der Waals surface area contributed by atoms with Crippen LogP contribution in [0, 0.1) is 13.8 Å². The predicted octanol–water partition coefficient (Wildman–Crippen LogP) is 2.01. The SMILES string of the molecule is Cc1cccc(C)c1Cn1ccc(CN2CCN(C(=O)O)CC2)c(O)c1=O. The maximum atomic E-state index is 12.6. The van der Waals surface area contributed by atoms with Crippen LogP contribution >= 0.6 is 0 Å². The first-order valence-corrected chi connectivity index (χ1v) is 9.03. The lowest BCUT2D eigenvalue weighted by molar-refractivity contribution is 0.102. The third-order valence-corrected chi connectivity index (χ3v) is 5.23. The molecule has 0 unspecified atom stereocenters. The number of rotatable bonds is 4. The van der Waals surface area contributed by atoms with Gasteiger partial charge in [0.2, 0.25) is 0 Å². The number of carbonyl (C=O) groups is 1. The van der Waals surface area contributed by atoms with Crippen molar-refractivity contribution in [2.24, 2.45) is 0 Å². The van der Waals surface area contributed by atoms with Crippen LogP contribution in [0.1, 0.15) is 22.3 Å². The first-order chi connectivity index (χ1) is 12.9. The maximum Gasteiger partial charge on any atom is 0.407 e. The summed E-state index contributed by atoms with van der Waals surface area (Å²) in [5, 5.41) is 19.4. The lowest BCUT2D eigenvalue weighted by atomic mass is 10.0. The highest BCUT2D eigenvalue weighted by Crippen LogP contribution is 2.18. The number of pyridine rings is 1. The maximum absolute atomic E-state index is 12.6. The van der Waals surface area contributed by atoms with Crippen LogP contribution < -0.4 is 5.56 Å². The highest BCUT2D eigenvalue weighted by molar-refractivity contribution is 5.65. The molecule has 2 aromatic rings. The van der Waals surface area contributed by atoms with Gasteiger partial charge in [0.25, 0.3) is 5.56 Å². The minimum absolute atomic E-state index is 0.232. The summed E-state index contributed by atoms with van der Waals surface area (Å²) in [6.07, 6.45) is 0.808. The summed E-state index contributed by atoms with van der Waals surface area (Å²) in [5.41, 5.74) is 3.47. The van der Waals surface area contributed by atoms with E-state index in [-0.39, 0.29) is 5.75 Å². The fraction of sp³-hybridized carbons (Fsp3) is 0.400. The average Bonchev–Trinajstić information content (AvgIpc) is 2.64. The van der Waals surface area contributed by atoms with E-state index >= 15 is 0 Å². The Bertz CT molecular complexity index is 878. The molecule has 0 aliphatic carbocycles. The monoisotopic (exact) mass is 371 g/mol. The Morgan fingerprint density at radius 3 is 2.26 bits per heavy atom. The van der Waals surface area contributed by atoms with Crippen molar-refractivity contribution in [1.29, 1.82) is 0 Å². The molecule has 7 heteroatoms. The van der Waals surface area contributed by atoms with Crippen LogP contribution in [0.3, 0.4) is 0 Å². The summed E-state index contributed by atoms with van der Waals surface area (Å²) in [5.74, 6) is -0.232. The van der Waals surface area contributed by atoms with Crippen LogP contribution in [0.5, 0.6) is 5.75 Å². The van der Waals surface area contributed by atoms with Gasteiger partial charge < -0.3 is 19.7 Å². The molecule has 144 valence electrons. The minimum Gasteiger partial charge on any atom is -0.503 e. The first kappa shape index (κ1) is 19.0. The third-order valence-electron chi connectivity index (χ3n) is 5.23. The van der Waals surface area contributed by atoms with Crippen molar-refractivity contribution < 1.29 is 15.0 Å². The van der Waals surface area contributed by atoms with Gasteiger partial charge in [-0.2, -0.15) is 0 Å². The zero-order valence-corrected chi connectivity index (χ0v) is 15.7. The Morgan fingerprint density at radius 2 is 1.67 bits per heavy atom. The molecule has 1 amide bonds. The molecule has 0 radical (unpaired) electrons. The number of hydrogen-bond donors (Lipinski definition) is 2. The summed E-state index contributed by atoms with van der Waals surface area (Å²) in [4.78, 5) is 27.0. The predicted molar refractivity (Wildman–Crippen MR) is 102 cm³/mol. The third kappa shape index (κ3) is 4.14. The minimum atomic E-state index is -0.911. The molecule has 1 aromatic carbocycles. The number of carboxylic acid groups (broad SMARTS) is 1. The molecule has 1 aromatic heterocycles. The van der Waals surface area contributed by atoms with Crippen LogP contribution in [0.15, 0.2) is 35.3 Å². The van der Waals surface area contributed by atoms with Crippen molar-refractivity contribution in [2.75, 3.05) is 26.2 Å². The summed E-state index contributed by atoms with van der Waals surface area (Å²) >= 11 is 0. The van der Waals surface area contributed by atoms with Gasteiger partial charge in [-0.05, 0) is 36.6 Å². The lowest BCUT2D eigenvalue weighted by Crippen LogP contribution is -2.47. The number of aromatic hydroxyl groups is 1. The average molecular weight is 371 g/mol. The van der Waals surface area contributed by atoms with E-state index in [0.29, 0.717) is 44.8 Å². The van der Waals surface area contributed by atoms with Gasteiger partial charge in [-0.15, -0.1) is 0 Å². The molecule has 1 fully saturated rings. The zero-order chi connectivity index (χ0) is 19.6. The molecular weight excluding hydrogens is 346 g/mol. The Balaban J connectivity index is 1.74. The molecule has 2 heterocycles. The molecule has 1 aliphatic rings. The van der Waals surface area contributed by atoms with Crippen molar-refractivity contribution >= 4 is 6.09 Å². The summed E-state index contributed by atoms with van der Waals surface area (Å²) in [7, 11) is 0. The molecule has 0 bridgehead atoms. The number of aromatic nitrogens is 1. The second kappa shape index (κ2) is 7.84. The molecule has 3 rings (SSSR count). The number of amides is 1. The molecule has 0 saturated carbocycles. The van der Waals surface area contributed by atoms with E-state index in [4.69, 9.17) is 5.11 Å². The van der Waals surface area contributed by atoms with Crippen molar-refractivity contribution in [1.82, 2.24) is 14.4 Å². The van der Waals surface area contributed by atoms with E-state index in [2.05, 4.69) is 0 Å². The first-order valence-electron chi connectivity index (χ1n) is 9.03. The second-order valence-electron chi connectivity index (χ2n) is 7.04. The Hall–Kier alpha value is -2.80. The quantitative estimate of drug-likeness (QED) is 0.859.